The van der Waals surface area contributed by atoms with E-state index in [0.717, 1.165) is 22.6 Å². The molecule has 0 saturated heterocycles. The number of rotatable bonds is 6. The lowest BCUT2D eigenvalue weighted by atomic mass is 10.1. The molecule has 0 saturated carbocycles. The lowest BCUT2D eigenvalue weighted by Crippen LogP contribution is -2.19. The zero-order valence-electron chi connectivity index (χ0n) is 19.2. The van der Waals surface area contributed by atoms with Crippen LogP contribution in [0.2, 0.25) is 0 Å². The lowest BCUT2D eigenvalue weighted by molar-refractivity contribution is 0.420. The van der Waals surface area contributed by atoms with Crippen molar-refractivity contribution in [3.05, 3.63) is 94.1 Å². The van der Waals surface area contributed by atoms with Crippen LogP contribution in [0.25, 0.3) is 0 Å². The van der Waals surface area contributed by atoms with Gasteiger partial charge in [0.1, 0.15) is 5.82 Å². The predicted molar refractivity (Wildman–Crippen MR) is 129 cm³/mol. The van der Waals surface area contributed by atoms with Crippen LogP contribution in [-0.2, 0) is 13.1 Å². The molecule has 2 aromatic carbocycles. The van der Waals surface area contributed by atoms with E-state index in [2.05, 4.69) is 45.1 Å². The number of halogens is 4. The van der Waals surface area contributed by atoms with Crippen molar-refractivity contribution in [1.29, 1.82) is 0 Å². The van der Waals surface area contributed by atoms with E-state index < -0.39 is 35.4 Å². The van der Waals surface area contributed by atoms with E-state index in [0.29, 0.717) is 18.3 Å². The summed E-state index contributed by atoms with van der Waals surface area (Å²) in [5.41, 5.74) is 4.53. The third kappa shape index (κ3) is 5.35. The molecule has 2 heterocycles. The Hall–Kier alpha value is -3.73. The zero-order chi connectivity index (χ0) is 25.3. The van der Waals surface area contributed by atoms with Crippen LogP contribution >= 0.6 is 12.2 Å². The summed E-state index contributed by atoms with van der Waals surface area (Å²) in [6.45, 7) is 6.01. The molecule has 0 amide bonds. The molecule has 182 valence electrons. The Bertz CT molecular complexity index is 1390. The molecule has 2 aromatic heterocycles. The Morgan fingerprint density at radius 3 is 2.37 bits per heavy atom. The van der Waals surface area contributed by atoms with Gasteiger partial charge in [-0.05, 0) is 38.6 Å². The van der Waals surface area contributed by atoms with Crippen molar-refractivity contribution >= 4 is 28.7 Å². The van der Waals surface area contributed by atoms with Gasteiger partial charge in [-0.1, -0.05) is 29.8 Å². The number of benzene rings is 2. The average molecular weight is 503 g/mol. The molecule has 0 aliphatic heterocycles. The molecular weight excluding hydrogens is 480 g/mol. The van der Waals surface area contributed by atoms with Gasteiger partial charge >= 0.3 is 0 Å². The number of nitrogens with zero attached hydrogens (tertiary/aromatic N) is 4. The number of hydrogen-bond acceptors (Lipinski definition) is 3. The second-order valence-corrected chi connectivity index (χ2v) is 8.55. The van der Waals surface area contributed by atoms with Crippen LogP contribution in [0.4, 0.5) is 28.9 Å². The van der Waals surface area contributed by atoms with Gasteiger partial charge in [0, 0.05) is 17.8 Å². The summed E-state index contributed by atoms with van der Waals surface area (Å²) < 4.78 is 57.6. The molecule has 6 nitrogen and oxygen atoms in total. The molecule has 0 radical (unpaired) electrons. The number of thiocarbonyl (C=S) groups is 1. The lowest BCUT2D eigenvalue weighted by Gasteiger charge is -2.10. The standard InChI is InChI=1S/C24H22F4N6S/c1-13-4-6-16(7-5-13)10-34-15(3)23(14(2)32-34)31-24(35)30-17-9-29-33(11-17)12-18-19(25)8-20(26)22(28)21(18)27/h4-9,11H,10,12H2,1-3H3,(H2,30,31,35). The summed E-state index contributed by atoms with van der Waals surface area (Å²) in [5.74, 6) is -6.10. The number of anilines is 2. The smallest absolute Gasteiger partial charge is 0.194 e. The van der Waals surface area contributed by atoms with E-state index >= 15 is 0 Å². The minimum Gasteiger partial charge on any atom is -0.330 e. The molecule has 0 aliphatic rings. The largest absolute Gasteiger partial charge is 0.330 e. The highest BCUT2D eigenvalue weighted by molar-refractivity contribution is 7.80. The average Bonchev–Trinajstić information content (AvgIpc) is 3.35. The third-order valence-electron chi connectivity index (χ3n) is 5.49. The summed E-state index contributed by atoms with van der Waals surface area (Å²) >= 11 is 5.40. The molecule has 2 N–H and O–H groups in total. The quantitative estimate of drug-likeness (QED) is 0.159. The van der Waals surface area contributed by atoms with Gasteiger partial charge in [0.2, 0.25) is 0 Å². The summed E-state index contributed by atoms with van der Waals surface area (Å²) in [6.07, 6.45) is 2.83. The van der Waals surface area contributed by atoms with Gasteiger partial charge in [-0.2, -0.15) is 10.2 Å². The van der Waals surface area contributed by atoms with Gasteiger partial charge in [-0.25, -0.2) is 17.6 Å². The number of aromatic nitrogens is 4. The molecule has 0 spiro atoms. The Morgan fingerprint density at radius 2 is 1.66 bits per heavy atom. The first kappa shape index (κ1) is 24.4. The maximum Gasteiger partial charge on any atom is 0.194 e. The number of hydrogen-bond donors (Lipinski definition) is 2. The van der Waals surface area contributed by atoms with Gasteiger partial charge in [-0.3, -0.25) is 9.36 Å². The van der Waals surface area contributed by atoms with Crippen molar-refractivity contribution < 1.29 is 17.6 Å². The van der Waals surface area contributed by atoms with Crippen molar-refractivity contribution in [1.82, 2.24) is 19.6 Å². The molecule has 4 aromatic rings. The van der Waals surface area contributed by atoms with Gasteiger partial charge in [0.25, 0.3) is 0 Å². The maximum absolute atomic E-state index is 14.0. The number of nitrogens with one attached hydrogen (secondary N) is 2. The van der Waals surface area contributed by atoms with Gasteiger partial charge in [0.15, 0.2) is 22.6 Å². The molecule has 35 heavy (non-hydrogen) atoms. The fraction of sp³-hybridized carbons (Fsp3) is 0.208. The predicted octanol–water partition coefficient (Wildman–Crippen LogP) is 5.47. The van der Waals surface area contributed by atoms with Crippen LogP contribution in [0, 0.1) is 44.0 Å². The fourth-order valence-electron chi connectivity index (χ4n) is 3.60. The second-order valence-electron chi connectivity index (χ2n) is 8.14. The van der Waals surface area contributed by atoms with E-state index in [1.165, 1.54) is 22.6 Å². The van der Waals surface area contributed by atoms with Crippen LogP contribution < -0.4 is 10.6 Å². The Balaban J connectivity index is 1.42. The minimum absolute atomic E-state index is 0.260. The Kier molecular flexibility index (Phi) is 6.88. The third-order valence-corrected chi connectivity index (χ3v) is 5.70. The van der Waals surface area contributed by atoms with E-state index in [-0.39, 0.29) is 5.11 Å². The van der Waals surface area contributed by atoms with Gasteiger partial charge < -0.3 is 10.6 Å². The molecule has 0 fully saturated rings. The van der Waals surface area contributed by atoms with Crippen LogP contribution in [0.3, 0.4) is 0 Å². The number of aryl methyl sites for hydroxylation is 2. The summed E-state index contributed by atoms with van der Waals surface area (Å²) in [5, 5.41) is 14.9. The molecule has 0 unspecified atom stereocenters. The minimum atomic E-state index is -1.73. The Labute approximate surface area is 204 Å². The highest BCUT2D eigenvalue weighted by Gasteiger charge is 2.20. The van der Waals surface area contributed by atoms with E-state index in [4.69, 9.17) is 12.2 Å². The van der Waals surface area contributed by atoms with Crippen LogP contribution in [-0.4, -0.2) is 24.7 Å². The molecule has 0 atom stereocenters. The molecule has 4 rings (SSSR count). The summed E-state index contributed by atoms with van der Waals surface area (Å²) in [4.78, 5) is 0. The second kappa shape index (κ2) is 9.87. The first-order valence-corrected chi connectivity index (χ1v) is 11.0. The van der Waals surface area contributed by atoms with Crippen molar-refractivity contribution in [3.8, 4) is 0 Å². The fourth-order valence-corrected chi connectivity index (χ4v) is 3.82. The van der Waals surface area contributed by atoms with Crippen LogP contribution in [0.1, 0.15) is 28.1 Å². The summed E-state index contributed by atoms with van der Waals surface area (Å²) in [7, 11) is 0. The van der Waals surface area contributed by atoms with Crippen molar-refractivity contribution in [3.63, 3.8) is 0 Å². The highest BCUT2D eigenvalue weighted by atomic mass is 32.1. The SMILES string of the molecule is Cc1ccc(Cn2nc(C)c(NC(=S)Nc3cnn(Cc4c(F)cc(F)c(F)c4F)c3)c2C)cc1. The highest BCUT2D eigenvalue weighted by Crippen LogP contribution is 2.22. The first-order chi connectivity index (χ1) is 16.6. The molecule has 11 heteroatoms. The Morgan fingerprint density at radius 1 is 0.943 bits per heavy atom. The van der Waals surface area contributed by atoms with Gasteiger partial charge in [-0.15, -0.1) is 0 Å². The van der Waals surface area contributed by atoms with E-state index in [1.54, 1.807) is 0 Å². The monoisotopic (exact) mass is 502 g/mol. The van der Waals surface area contributed by atoms with Gasteiger partial charge in [0.05, 0.1) is 42.0 Å². The van der Waals surface area contributed by atoms with Crippen LogP contribution in [0.5, 0.6) is 0 Å². The first-order valence-electron chi connectivity index (χ1n) is 10.6. The van der Waals surface area contributed by atoms with Crippen molar-refractivity contribution in [2.45, 2.75) is 33.9 Å². The molecule has 0 bridgehead atoms. The maximum atomic E-state index is 14.0. The summed E-state index contributed by atoms with van der Waals surface area (Å²) in [6, 6.07) is 8.52. The molecule has 0 aliphatic carbocycles. The van der Waals surface area contributed by atoms with Crippen molar-refractivity contribution in [2.75, 3.05) is 10.6 Å². The van der Waals surface area contributed by atoms with E-state index in [9.17, 15) is 17.6 Å². The molecular formula is C24H22F4N6S. The zero-order valence-corrected chi connectivity index (χ0v) is 20.0. The topological polar surface area (TPSA) is 59.7 Å². The normalized spacial score (nSPS) is 11.1. The van der Waals surface area contributed by atoms with E-state index in [1.807, 2.05) is 25.5 Å². The van der Waals surface area contributed by atoms with Crippen LogP contribution in [0.15, 0.2) is 42.7 Å². The van der Waals surface area contributed by atoms with Crippen molar-refractivity contribution in [2.24, 2.45) is 0 Å².